The molecule has 2 aromatic rings. The lowest BCUT2D eigenvalue weighted by Gasteiger charge is -2.29. The van der Waals surface area contributed by atoms with Gasteiger partial charge in [-0.05, 0) is 81.6 Å². The molecule has 1 aliphatic rings. The van der Waals surface area contributed by atoms with Gasteiger partial charge in [-0.25, -0.2) is 0 Å². The van der Waals surface area contributed by atoms with Gasteiger partial charge in [0.1, 0.15) is 17.6 Å². The van der Waals surface area contributed by atoms with E-state index in [9.17, 15) is 4.79 Å². The number of aryl methyl sites for hydroxylation is 1. The maximum absolute atomic E-state index is 12.7. The van der Waals surface area contributed by atoms with E-state index in [1.54, 1.807) is 0 Å². The van der Waals surface area contributed by atoms with Gasteiger partial charge in [-0.1, -0.05) is 19.1 Å². The fourth-order valence-corrected chi connectivity index (χ4v) is 3.46. The molecule has 2 aromatic carbocycles. The van der Waals surface area contributed by atoms with Crippen LogP contribution in [-0.2, 0) is 4.79 Å². The van der Waals surface area contributed by atoms with Crippen molar-refractivity contribution in [3.05, 3.63) is 53.6 Å². The van der Waals surface area contributed by atoms with Crippen LogP contribution in [0, 0.1) is 13.8 Å². The van der Waals surface area contributed by atoms with Crippen LogP contribution in [0.4, 0.5) is 5.69 Å². The SMILES string of the molecule is CCC(Oc1cccc(C)c1C)C(=O)Nc1ccc(OC2CCN(C)CC2)cc1. The molecule has 29 heavy (non-hydrogen) atoms. The molecule has 1 unspecified atom stereocenters. The van der Waals surface area contributed by atoms with Gasteiger partial charge in [0.2, 0.25) is 0 Å². The smallest absolute Gasteiger partial charge is 0.265 e. The fraction of sp³-hybridized carbons (Fsp3) is 0.458. The third-order valence-electron chi connectivity index (χ3n) is 5.58. The van der Waals surface area contributed by atoms with Crippen LogP contribution in [0.5, 0.6) is 11.5 Å². The maximum atomic E-state index is 12.7. The number of nitrogens with one attached hydrogen (secondary N) is 1. The molecule has 0 saturated carbocycles. The molecule has 156 valence electrons. The van der Waals surface area contributed by atoms with Crippen LogP contribution in [0.15, 0.2) is 42.5 Å². The van der Waals surface area contributed by atoms with Crippen LogP contribution in [0.3, 0.4) is 0 Å². The Morgan fingerprint density at radius 2 is 1.83 bits per heavy atom. The number of hydrogen-bond donors (Lipinski definition) is 1. The summed E-state index contributed by atoms with van der Waals surface area (Å²) in [4.78, 5) is 15.0. The number of amides is 1. The summed E-state index contributed by atoms with van der Waals surface area (Å²) < 4.78 is 12.1. The molecule has 0 bridgehead atoms. The highest BCUT2D eigenvalue weighted by molar-refractivity contribution is 5.94. The number of piperidine rings is 1. The quantitative estimate of drug-likeness (QED) is 0.745. The van der Waals surface area contributed by atoms with Crippen molar-refractivity contribution in [1.29, 1.82) is 0 Å². The molecule has 1 fully saturated rings. The van der Waals surface area contributed by atoms with E-state index in [2.05, 4.69) is 17.3 Å². The zero-order valence-corrected chi connectivity index (χ0v) is 17.9. The zero-order valence-electron chi connectivity index (χ0n) is 17.9. The third-order valence-corrected chi connectivity index (χ3v) is 5.58. The second-order valence-corrected chi connectivity index (χ2v) is 7.85. The Bertz CT molecular complexity index is 811. The minimum Gasteiger partial charge on any atom is -0.490 e. The number of carbonyl (C=O) groups excluding carboxylic acids is 1. The second-order valence-electron chi connectivity index (χ2n) is 7.85. The van der Waals surface area contributed by atoms with E-state index >= 15 is 0 Å². The van der Waals surface area contributed by atoms with Crippen molar-refractivity contribution < 1.29 is 14.3 Å². The van der Waals surface area contributed by atoms with Gasteiger partial charge in [-0.2, -0.15) is 0 Å². The summed E-state index contributed by atoms with van der Waals surface area (Å²) in [7, 11) is 2.14. The van der Waals surface area contributed by atoms with Crippen molar-refractivity contribution in [3.63, 3.8) is 0 Å². The molecule has 1 heterocycles. The molecular formula is C24H32N2O3. The summed E-state index contributed by atoms with van der Waals surface area (Å²) in [5, 5.41) is 2.96. The zero-order chi connectivity index (χ0) is 20.8. The third kappa shape index (κ3) is 5.73. The normalized spacial score (nSPS) is 16.3. The van der Waals surface area contributed by atoms with E-state index in [0.717, 1.165) is 54.2 Å². The molecule has 5 heteroatoms. The second kappa shape index (κ2) is 9.79. The first-order chi connectivity index (χ1) is 14.0. The van der Waals surface area contributed by atoms with Gasteiger partial charge < -0.3 is 19.7 Å². The van der Waals surface area contributed by atoms with Crippen molar-refractivity contribution in [2.24, 2.45) is 0 Å². The molecule has 0 aromatic heterocycles. The lowest BCUT2D eigenvalue weighted by Crippen LogP contribution is -2.35. The Balaban J connectivity index is 1.56. The van der Waals surface area contributed by atoms with Crippen molar-refractivity contribution in [2.75, 3.05) is 25.5 Å². The summed E-state index contributed by atoms with van der Waals surface area (Å²) in [6.07, 6.45) is 2.41. The Morgan fingerprint density at radius 1 is 1.14 bits per heavy atom. The average Bonchev–Trinajstić information content (AvgIpc) is 2.72. The number of anilines is 1. The highest BCUT2D eigenvalue weighted by Gasteiger charge is 2.20. The first-order valence-corrected chi connectivity index (χ1v) is 10.4. The van der Waals surface area contributed by atoms with Gasteiger partial charge in [0, 0.05) is 18.8 Å². The fourth-order valence-electron chi connectivity index (χ4n) is 3.46. The number of likely N-dealkylation sites (tertiary alicyclic amines) is 1. The van der Waals surface area contributed by atoms with Crippen LogP contribution in [-0.4, -0.2) is 43.2 Å². The number of rotatable bonds is 7. The summed E-state index contributed by atoms with van der Waals surface area (Å²) in [5.74, 6) is 1.46. The molecule has 0 radical (unpaired) electrons. The number of carbonyl (C=O) groups is 1. The molecule has 1 saturated heterocycles. The Kier molecular flexibility index (Phi) is 7.15. The first kappa shape index (κ1) is 21.2. The maximum Gasteiger partial charge on any atom is 0.265 e. The van der Waals surface area contributed by atoms with Gasteiger partial charge in [0.05, 0.1) is 0 Å². The van der Waals surface area contributed by atoms with E-state index in [1.807, 2.05) is 63.2 Å². The van der Waals surface area contributed by atoms with E-state index in [-0.39, 0.29) is 12.0 Å². The number of ether oxygens (including phenoxy) is 2. The molecule has 5 nitrogen and oxygen atoms in total. The van der Waals surface area contributed by atoms with Crippen molar-refractivity contribution >= 4 is 11.6 Å². The predicted octanol–water partition coefficient (Wildman–Crippen LogP) is 4.57. The number of nitrogens with zero attached hydrogens (tertiary/aromatic N) is 1. The van der Waals surface area contributed by atoms with E-state index in [4.69, 9.17) is 9.47 Å². The summed E-state index contributed by atoms with van der Waals surface area (Å²) >= 11 is 0. The molecule has 3 rings (SSSR count). The van der Waals surface area contributed by atoms with Crippen molar-refractivity contribution in [1.82, 2.24) is 4.90 Å². The molecule has 1 atom stereocenters. The van der Waals surface area contributed by atoms with Crippen LogP contribution in [0.1, 0.15) is 37.3 Å². The van der Waals surface area contributed by atoms with Crippen LogP contribution in [0.2, 0.25) is 0 Å². The lowest BCUT2D eigenvalue weighted by atomic mass is 10.1. The largest absolute Gasteiger partial charge is 0.490 e. The van der Waals surface area contributed by atoms with E-state index < -0.39 is 6.10 Å². The molecule has 0 spiro atoms. The molecule has 1 amide bonds. The first-order valence-electron chi connectivity index (χ1n) is 10.4. The van der Waals surface area contributed by atoms with Crippen molar-refractivity contribution in [3.8, 4) is 11.5 Å². The van der Waals surface area contributed by atoms with E-state index in [1.165, 1.54) is 0 Å². The minimum atomic E-state index is -0.536. The molecule has 0 aliphatic carbocycles. The van der Waals surface area contributed by atoms with Gasteiger partial charge in [0.25, 0.3) is 5.91 Å². The van der Waals surface area contributed by atoms with Crippen LogP contribution < -0.4 is 14.8 Å². The van der Waals surface area contributed by atoms with Crippen LogP contribution in [0.25, 0.3) is 0 Å². The highest BCUT2D eigenvalue weighted by atomic mass is 16.5. The summed E-state index contributed by atoms with van der Waals surface area (Å²) in [5.41, 5.74) is 2.96. The topological polar surface area (TPSA) is 50.8 Å². The Hall–Kier alpha value is -2.53. The predicted molar refractivity (Wildman–Crippen MR) is 117 cm³/mol. The minimum absolute atomic E-state index is 0.141. The van der Waals surface area contributed by atoms with Gasteiger partial charge in [-0.3, -0.25) is 4.79 Å². The highest BCUT2D eigenvalue weighted by Crippen LogP contribution is 2.24. The Morgan fingerprint density at radius 3 is 2.48 bits per heavy atom. The monoisotopic (exact) mass is 396 g/mol. The molecular weight excluding hydrogens is 364 g/mol. The number of benzene rings is 2. The van der Waals surface area contributed by atoms with Gasteiger partial charge in [0.15, 0.2) is 6.10 Å². The molecule has 1 aliphatic heterocycles. The van der Waals surface area contributed by atoms with Crippen molar-refractivity contribution in [2.45, 2.75) is 52.2 Å². The van der Waals surface area contributed by atoms with Crippen LogP contribution >= 0.6 is 0 Å². The standard InChI is InChI=1S/C24H32N2O3/c1-5-22(29-23-8-6-7-17(2)18(23)3)24(27)25-19-9-11-20(12-10-19)28-21-13-15-26(4)16-14-21/h6-12,21-22H,5,13-16H2,1-4H3,(H,25,27). The molecule has 1 N–H and O–H groups in total. The Labute approximate surface area is 174 Å². The average molecular weight is 397 g/mol. The van der Waals surface area contributed by atoms with Gasteiger partial charge >= 0.3 is 0 Å². The number of hydrogen-bond acceptors (Lipinski definition) is 4. The van der Waals surface area contributed by atoms with E-state index in [0.29, 0.717) is 6.42 Å². The van der Waals surface area contributed by atoms with Gasteiger partial charge in [-0.15, -0.1) is 0 Å². The summed E-state index contributed by atoms with van der Waals surface area (Å²) in [6.45, 7) is 8.14. The lowest BCUT2D eigenvalue weighted by molar-refractivity contribution is -0.122. The summed E-state index contributed by atoms with van der Waals surface area (Å²) in [6, 6.07) is 13.5.